The van der Waals surface area contributed by atoms with E-state index in [-0.39, 0.29) is 0 Å². The molecule has 1 aromatic rings. The first kappa shape index (κ1) is 13.2. The number of nitrogens with two attached hydrogens (primary N) is 1. The lowest BCUT2D eigenvalue weighted by Gasteiger charge is -2.25. The largest absolute Gasteiger partial charge is 0.468 e. The molecular weight excluding hydrogens is 204 g/mol. The minimum atomic E-state index is 0.457. The molecule has 0 aliphatic heterocycles. The first-order chi connectivity index (χ1) is 7.69. The highest BCUT2D eigenvalue weighted by Crippen LogP contribution is 2.14. The Morgan fingerprint density at radius 3 is 2.81 bits per heavy atom. The summed E-state index contributed by atoms with van der Waals surface area (Å²) >= 11 is 0. The normalized spacial score (nSPS) is 11.6. The number of hydrogen-bond donors (Lipinski definition) is 1. The molecule has 16 heavy (non-hydrogen) atoms. The zero-order valence-electron chi connectivity index (χ0n) is 10.4. The Hall–Kier alpha value is -0.840. The van der Waals surface area contributed by atoms with E-state index in [0.29, 0.717) is 12.6 Å². The first-order valence-electron chi connectivity index (χ1n) is 5.67. The minimum Gasteiger partial charge on any atom is -0.468 e. The van der Waals surface area contributed by atoms with E-state index >= 15 is 0 Å². The van der Waals surface area contributed by atoms with Crippen molar-refractivity contribution in [1.82, 2.24) is 4.90 Å². The topological polar surface area (TPSA) is 51.6 Å². The highest BCUT2D eigenvalue weighted by Gasteiger charge is 2.13. The van der Waals surface area contributed by atoms with E-state index in [2.05, 4.69) is 18.7 Å². The predicted octanol–water partition coefficient (Wildman–Crippen LogP) is 1.60. The Kier molecular flexibility index (Phi) is 5.52. The van der Waals surface area contributed by atoms with E-state index in [4.69, 9.17) is 14.9 Å². The molecule has 0 saturated heterocycles. The van der Waals surface area contributed by atoms with Gasteiger partial charge in [0.2, 0.25) is 0 Å². The summed E-state index contributed by atoms with van der Waals surface area (Å²) in [5, 5.41) is 0. The van der Waals surface area contributed by atoms with Gasteiger partial charge in [0.1, 0.15) is 5.76 Å². The molecule has 1 rings (SSSR count). The fourth-order valence-electron chi connectivity index (χ4n) is 1.63. The highest BCUT2D eigenvalue weighted by atomic mass is 16.5. The molecule has 1 aromatic heterocycles. The van der Waals surface area contributed by atoms with Gasteiger partial charge in [0.25, 0.3) is 0 Å². The lowest BCUT2D eigenvalue weighted by atomic mass is 10.2. The Balaban J connectivity index is 2.60. The van der Waals surface area contributed by atoms with Crippen molar-refractivity contribution in [2.45, 2.75) is 33.0 Å². The highest BCUT2D eigenvalue weighted by molar-refractivity contribution is 5.16. The lowest BCUT2D eigenvalue weighted by molar-refractivity contribution is 0.124. The van der Waals surface area contributed by atoms with Crippen LogP contribution in [0.15, 0.2) is 16.7 Å². The number of rotatable bonds is 7. The molecule has 1 heterocycles. The third-order valence-corrected chi connectivity index (χ3v) is 2.71. The van der Waals surface area contributed by atoms with Gasteiger partial charge < -0.3 is 14.9 Å². The molecule has 0 spiro atoms. The van der Waals surface area contributed by atoms with Crippen molar-refractivity contribution in [2.75, 3.05) is 20.3 Å². The fraction of sp³-hybridized carbons (Fsp3) is 0.667. The van der Waals surface area contributed by atoms with Crippen molar-refractivity contribution in [3.05, 3.63) is 23.7 Å². The summed E-state index contributed by atoms with van der Waals surface area (Å²) in [6.07, 6.45) is 1.70. The van der Waals surface area contributed by atoms with Crippen molar-refractivity contribution < 1.29 is 9.15 Å². The van der Waals surface area contributed by atoms with Gasteiger partial charge in [-0.25, -0.2) is 0 Å². The molecule has 0 saturated carbocycles. The summed E-state index contributed by atoms with van der Waals surface area (Å²) in [6, 6.07) is 2.47. The Morgan fingerprint density at radius 2 is 2.25 bits per heavy atom. The minimum absolute atomic E-state index is 0.457. The van der Waals surface area contributed by atoms with Crippen LogP contribution in [0.3, 0.4) is 0 Å². The Morgan fingerprint density at radius 1 is 1.50 bits per heavy atom. The average molecular weight is 226 g/mol. The summed E-state index contributed by atoms with van der Waals surface area (Å²) in [5.74, 6) is 0.878. The van der Waals surface area contributed by atoms with Gasteiger partial charge in [-0.3, -0.25) is 4.90 Å². The van der Waals surface area contributed by atoms with Crippen molar-refractivity contribution in [2.24, 2.45) is 5.73 Å². The molecule has 0 amide bonds. The molecule has 4 heteroatoms. The summed E-state index contributed by atoms with van der Waals surface area (Å²) in [5.41, 5.74) is 6.78. The van der Waals surface area contributed by atoms with Crippen LogP contribution in [0.1, 0.15) is 25.2 Å². The molecule has 0 fully saturated rings. The molecule has 0 atom stereocenters. The first-order valence-corrected chi connectivity index (χ1v) is 5.67. The predicted molar refractivity (Wildman–Crippen MR) is 64.0 cm³/mol. The number of nitrogens with zero attached hydrogens (tertiary/aromatic N) is 1. The van der Waals surface area contributed by atoms with E-state index in [0.717, 1.165) is 25.5 Å². The summed E-state index contributed by atoms with van der Waals surface area (Å²) in [4.78, 5) is 2.34. The lowest BCUT2D eigenvalue weighted by Crippen LogP contribution is -2.33. The van der Waals surface area contributed by atoms with Crippen molar-refractivity contribution in [3.8, 4) is 0 Å². The fourth-order valence-corrected chi connectivity index (χ4v) is 1.63. The van der Waals surface area contributed by atoms with Crippen LogP contribution in [0.4, 0.5) is 0 Å². The van der Waals surface area contributed by atoms with Crippen LogP contribution in [-0.4, -0.2) is 31.2 Å². The van der Waals surface area contributed by atoms with E-state index in [1.54, 1.807) is 13.4 Å². The molecular formula is C12H22N2O2. The van der Waals surface area contributed by atoms with Gasteiger partial charge in [0.15, 0.2) is 0 Å². The number of hydrogen-bond acceptors (Lipinski definition) is 4. The summed E-state index contributed by atoms with van der Waals surface area (Å²) in [6.45, 7) is 7.34. The third kappa shape index (κ3) is 3.63. The molecule has 2 N–H and O–H groups in total. The zero-order chi connectivity index (χ0) is 12.0. The van der Waals surface area contributed by atoms with Crippen LogP contribution in [-0.2, 0) is 17.8 Å². The molecule has 4 nitrogen and oxygen atoms in total. The van der Waals surface area contributed by atoms with E-state index < -0.39 is 0 Å². The van der Waals surface area contributed by atoms with Gasteiger partial charge >= 0.3 is 0 Å². The van der Waals surface area contributed by atoms with Crippen LogP contribution in [0.2, 0.25) is 0 Å². The number of furan rings is 1. The number of ether oxygens (including phenoxy) is 1. The molecule has 92 valence electrons. The van der Waals surface area contributed by atoms with Gasteiger partial charge in [-0.15, -0.1) is 0 Å². The van der Waals surface area contributed by atoms with Gasteiger partial charge in [-0.1, -0.05) is 0 Å². The van der Waals surface area contributed by atoms with E-state index in [9.17, 15) is 0 Å². The van der Waals surface area contributed by atoms with Crippen molar-refractivity contribution in [1.29, 1.82) is 0 Å². The monoisotopic (exact) mass is 226 g/mol. The summed E-state index contributed by atoms with van der Waals surface area (Å²) < 4.78 is 10.4. The third-order valence-electron chi connectivity index (χ3n) is 2.71. The van der Waals surface area contributed by atoms with Gasteiger partial charge in [-0.2, -0.15) is 0 Å². The smallest absolute Gasteiger partial charge is 0.121 e. The van der Waals surface area contributed by atoms with Crippen LogP contribution >= 0.6 is 0 Å². The second kappa shape index (κ2) is 6.68. The SMILES string of the molecule is COCCN(Cc1ccoc1CN)C(C)C. The second-order valence-corrected chi connectivity index (χ2v) is 4.13. The molecule has 0 radical (unpaired) electrons. The standard InChI is InChI=1S/C12H22N2O2/c1-10(2)14(5-7-15-3)9-11-4-6-16-12(11)8-13/h4,6,10H,5,7-9,13H2,1-3H3. The Bertz CT molecular complexity index is 297. The van der Waals surface area contributed by atoms with Crippen LogP contribution in [0.25, 0.3) is 0 Å². The molecule has 0 aliphatic carbocycles. The van der Waals surface area contributed by atoms with Crippen molar-refractivity contribution >= 4 is 0 Å². The van der Waals surface area contributed by atoms with E-state index in [1.807, 2.05) is 6.07 Å². The van der Waals surface area contributed by atoms with Gasteiger partial charge in [-0.05, 0) is 19.9 Å². The quantitative estimate of drug-likeness (QED) is 0.767. The van der Waals surface area contributed by atoms with Crippen LogP contribution in [0.5, 0.6) is 0 Å². The summed E-state index contributed by atoms with van der Waals surface area (Å²) in [7, 11) is 1.72. The maximum Gasteiger partial charge on any atom is 0.121 e. The van der Waals surface area contributed by atoms with Crippen molar-refractivity contribution in [3.63, 3.8) is 0 Å². The maximum atomic E-state index is 5.61. The number of methoxy groups -OCH3 is 1. The molecule has 0 unspecified atom stereocenters. The molecule has 0 aliphatic rings. The Labute approximate surface area is 97.4 Å². The van der Waals surface area contributed by atoms with Gasteiger partial charge in [0.05, 0.1) is 19.4 Å². The zero-order valence-corrected chi connectivity index (χ0v) is 10.4. The van der Waals surface area contributed by atoms with Crippen LogP contribution < -0.4 is 5.73 Å². The average Bonchev–Trinajstić information content (AvgIpc) is 2.70. The maximum absolute atomic E-state index is 5.61. The molecule has 0 bridgehead atoms. The van der Waals surface area contributed by atoms with E-state index in [1.165, 1.54) is 5.56 Å². The second-order valence-electron chi connectivity index (χ2n) is 4.13. The van der Waals surface area contributed by atoms with Gasteiger partial charge in [0, 0.05) is 31.8 Å². The molecule has 0 aromatic carbocycles. The van der Waals surface area contributed by atoms with Crippen LogP contribution in [0, 0.1) is 0 Å².